The van der Waals surface area contributed by atoms with Crippen LogP contribution in [-0.2, 0) is 6.54 Å². The number of nitrogens with one attached hydrogen (secondary N) is 1. The molecule has 1 aliphatic carbocycles. The van der Waals surface area contributed by atoms with Crippen LogP contribution in [0.1, 0.15) is 32.4 Å². The molecule has 1 fully saturated rings. The molecule has 1 atom stereocenters. The topological polar surface area (TPSA) is 72.3 Å². The van der Waals surface area contributed by atoms with Gasteiger partial charge in [-0.05, 0) is 43.0 Å². The molecule has 7 heteroatoms. The fourth-order valence-electron chi connectivity index (χ4n) is 4.61. The van der Waals surface area contributed by atoms with E-state index in [1.807, 2.05) is 35.4 Å². The lowest BCUT2D eigenvalue weighted by Gasteiger charge is -2.58. The van der Waals surface area contributed by atoms with Gasteiger partial charge in [0.2, 0.25) is 0 Å². The average Bonchev–Trinajstić information content (AvgIpc) is 3.35. The highest BCUT2D eigenvalue weighted by Gasteiger charge is 2.55. The van der Waals surface area contributed by atoms with E-state index in [9.17, 15) is 4.79 Å². The minimum Gasteiger partial charge on any atom is -0.497 e. The second kappa shape index (κ2) is 7.30. The Balaban J connectivity index is 1.36. The van der Waals surface area contributed by atoms with E-state index in [1.165, 1.54) is 0 Å². The first-order valence-electron chi connectivity index (χ1n) is 9.77. The summed E-state index contributed by atoms with van der Waals surface area (Å²) in [5.74, 6) is 1.23. The minimum atomic E-state index is -0.0183. The van der Waals surface area contributed by atoms with E-state index in [-0.39, 0.29) is 17.5 Å². The van der Waals surface area contributed by atoms with Crippen molar-refractivity contribution in [1.82, 2.24) is 25.2 Å². The summed E-state index contributed by atoms with van der Waals surface area (Å²) in [7, 11) is 1.64. The van der Waals surface area contributed by atoms with Crippen molar-refractivity contribution in [3.8, 4) is 11.4 Å². The van der Waals surface area contributed by atoms with Crippen LogP contribution in [-0.4, -0.2) is 45.6 Å². The number of hydrogen-bond acceptors (Lipinski definition) is 4. The van der Waals surface area contributed by atoms with Crippen molar-refractivity contribution in [2.45, 2.75) is 39.3 Å². The number of carbonyl (C=O) groups is 1. The Morgan fingerprint density at radius 3 is 2.64 bits per heavy atom. The van der Waals surface area contributed by atoms with Gasteiger partial charge in [0.1, 0.15) is 11.4 Å². The van der Waals surface area contributed by atoms with Gasteiger partial charge in [-0.3, -0.25) is 0 Å². The number of carbonyl (C=O) groups excluding carboxylic acids is 1. The van der Waals surface area contributed by atoms with Gasteiger partial charge >= 0.3 is 6.03 Å². The second-order valence-corrected chi connectivity index (χ2v) is 8.07. The SMILES string of the molecule is COc1ccc(-n2cc(CNC(=O)N3CC4(CC=CC4)C3C(C)C)nn2)cc1. The lowest BCUT2D eigenvalue weighted by atomic mass is 9.65. The van der Waals surface area contributed by atoms with Crippen molar-refractivity contribution < 1.29 is 9.53 Å². The quantitative estimate of drug-likeness (QED) is 0.808. The Labute approximate surface area is 165 Å². The molecule has 7 nitrogen and oxygen atoms in total. The molecule has 1 aromatic carbocycles. The minimum absolute atomic E-state index is 0.0183. The number of urea groups is 1. The maximum absolute atomic E-state index is 12.7. The Morgan fingerprint density at radius 2 is 2.00 bits per heavy atom. The molecule has 1 unspecified atom stereocenters. The summed E-state index contributed by atoms with van der Waals surface area (Å²) in [5.41, 5.74) is 1.87. The lowest BCUT2D eigenvalue weighted by Crippen LogP contribution is -2.68. The van der Waals surface area contributed by atoms with Crippen LogP contribution >= 0.6 is 0 Å². The molecular formula is C21H27N5O2. The number of benzene rings is 1. The molecule has 2 aromatic rings. The third kappa shape index (κ3) is 3.25. The van der Waals surface area contributed by atoms with Crippen LogP contribution in [0, 0.1) is 11.3 Å². The van der Waals surface area contributed by atoms with Crippen molar-refractivity contribution in [2.24, 2.45) is 11.3 Å². The van der Waals surface area contributed by atoms with Gasteiger partial charge in [0.05, 0.1) is 25.5 Å². The number of nitrogens with zero attached hydrogens (tertiary/aromatic N) is 4. The standard InChI is InChI=1S/C21H27N5O2/c1-15(2)19-21(10-4-5-11-21)14-25(19)20(27)22-12-16-13-26(24-23-16)17-6-8-18(28-3)9-7-17/h4-9,13,15,19H,10-12,14H2,1-3H3,(H,22,27). The number of rotatable bonds is 5. The molecule has 28 heavy (non-hydrogen) atoms. The molecule has 2 heterocycles. The molecule has 148 valence electrons. The molecule has 1 N–H and O–H groups in total. The van der Waals surface area contributed by atoms with Gasteiger partial charge in [0, 0.05) is 18.0 Å². The number of methoxy groups -OCH3 is 1. The Kier molecular flexibility index (Phi) is 4.83. The summed E-state index contributed by atoms with van der Waals surface area (Å²) in [5, 5.41) is 11.3. The average molecular weight is 381 g/mol. The number of amides is 2. The number of aromatic nitrogens is 3. The van der Waals surface area contributed by atoms with E-state index in [2.05, 4.69) is 41.6 Å². The first kappa shape index (κ1) is 18.5. The van der Waals surface area contributed by atoms with Gasteiger partial charge in [-0.25, -0.2) is 9.48 Å². The number of ether oxygens (including phenoxy) is 1. The van der Waals surface area contributed by atoms with Crippen LogP contribution in [0.5, 0.6) is 5.75 Å². The van der Waals surface area contributed by atoms with Gasteiger partial charge in [-0.2, -0.15) is 0 Å². The first-order valence-corrected chi connectivity index (χ1v) is 9.77. The highest BCUT2D eigenvalue weighted by Crippen LogP contribution is 2.50. The highest BCUT2D eigenvalue weighted by molar-refractivity contribution is 5.76. The van der Waals surface area contributed by atoms with Gasteiger partial charge < -0.3 is 15.0 Å². The molecule has 2 amide bonds. The molecule has 4 rings (SSSR count). The third-order valence-corrected chi connectivity index (χ3v) is 5.85. The van der Waals surface area contributed by atoms with Crippen LogP contribution in [0.3, 0.4) is 0 Å². The molecule has 1 aromatic heterocycles. The van der Waals surface area contributed by atoms with Gasteiger partial charge in [0.25, 0.3) is 0 Å². The normalized spacial score (nSPS) is 19.9. The Bertz CT molecular complexity index is 863. The first-order chi connectivity index (χ1) is 13.5. The van der Waals surface area contributed by atoms with E-state index in [0.29, 0.717) is 12.5 Å². The zero-order chi connectivity index (χ0) is 19.7. The summed E-state index contributed by atoms with van der Waals surface area (Å²) >= 11 is 0. The Hall–Kier alpha value is -2.83. The fraction of sp³-hybridized carbons (Fsp3) is 0.476. The summed E-state index contributed by atoms with van der Waals surface area (Å²) in [4.78, 5) is 14.7. The van der Waals surface area contributed by atoms with Crippen molar-refractivity contribution >= 4 is 6.03 Å². The monoisotopic (exact) mass is 381 g/mol. The smallest absolute Gasteiger partial charge is 0.318 e. The summed E-state index contributed by atoms with van der Waals surface area (Å²) in [6.07, 6.45) is 8.50. The van der Waals surface area contributed by atoms with E-state index in [4.69, 9.17) is 4.74 Å². The van der Waals surface area contributed by atoms with E-state index in [1.54, 1.807) is 11.8 Å². The van der Waals surface area contributed by atoms with E-state index >= 15 is 0 Å². The maximum atomic E-state index is 12.7. The van der Waals surface area contributed by atoms with E-state index < -0.39 is 0 Å². The summed E-state index contributed by atoms with van der Waals surface area (Å²) in [6, 6.07) is 7.86. The van der Waals surface area contributed by atoms with Crippen LogP contribution in [0.4, 0.5) is 4.79 Å². The van der Waals surface area contributed by atoms with Gasteiger partial charge in [-0.15, -0.1) is 5.10 Å². The molecule has 1 saturated heterocycles. The van der Waals surface area contributed by atoms with Crippen LogP contribution in [0.2, 0.25) is 0 Å². The van der Waals surface area contributed by atoms with Crippen molar-refractivity contribution in [1.29, 1.82) is 0 Å². The highest BCUT2D eigenvalue weighted by atomic mass is 16.5. The number of allylic oxidation sites excluding steroid dienone is 2. The second-order valence-electron chi connectivity index (χ2n) is 8.07. The molecule has 0 bridgehead atoms. The number of likely N-dealkylation sites (tertiary alicyclic amines) is 1. The van der Waals surface area contributed by atoms with Crippen molar-refractivity contribution in [3.05, 3.63) is 48.3 Å². The predicted molar refractivity (Wildman–Crippen MR) is 106 cm³/mol. The molecule has 0 radical (unpaired) electrons. The molecule has 2 aliphatic rings. The predicted octanol–water partition coefficient (Wildman–Crippen LogP) is 3.16. The zero-order valence-corrected chi connectivity index (χ0v) is 16.6. The van der Waals surface area contributed by atoms with Crippen molar-refractivity contribution in [3.63, 3.8) is 0 Å². The molecule has 1 aliphatic heterocycles. The zero-order valence-electron chi connectivity index (χ0n) is 16.6. The van der Waals surface area contributed by atoms with Gasteiger partial charge in [-0.1, -0.05) is 31.2 Å². The lowest BCUT2D eigenvalue weighted by molar-refractivity contribution is -0.0577. The van der Waals surface area contributed by atoms with E-state index in [0.717, 1.165) is 36.5 Å². The number of hydrogen-bond donors (Lipinski definition) is 1. The molecule has 1 spiro atoms. The molecule has 0 saturated carbocycles. The summed E-state index contributed by atoms with van der Waals surface area (Å²) in [6.45, 7) is 5.59. The maximum Gasteiger partial charge on any atom is 0.318 e. The largest absolute Gasteiger partial charge is 0.497 e. The van der Waals surface area contributed by atoms with Gasteiger partial charge in [0.15, 0.2) is 0 Å². The van der Waals surface area contributed by atoms with Crippen LogP contribution in [0.25, 0.3) is 5.69 Å². The Morgan fingerprint density at radius 1 is 1.29 bits per heavy atom. The van der Waals surface area contributed by atoms with Crippen LogP contribution < -0.4 is 10.1 Å². The fourth-order valence-corrected chi connectivity index (χ4v) is 4.61. The van der Waals surface area contributed by atoms with Crippen LogP contribution in [0.15, 0.2) is 42.6 Å². The van der Waals surface area contributed by atoms with Crippen molar-refractivity contribution in [2.75, 3.05) is 13.7 Å². The third-order valence-electron chi connectivity index (χ3n) is 5.85. The molecular weight excluding hydrogens is 354 g/mol. The summed E-state index contributed by atoms with van der Waals surface area (Å²) < 4.78 is 6.87.